The molecule has 1 fully saturated rings. The van der Waals surface area contributed by atoms with E-state index in [2.05, 4.69) is 20.8 Å². The van der Waals surface area contributed by atoms with Gasteiger partial charge in [0.25, 0.3) is 0 Å². The van der Waals surface area contributed by atoms with Crippen LogP contribution >= 0.6 is 0 Å². The molecule has 0 aliphatic heterocycles. The molecule has 13 heavy (non-hydrogen) atoms. The quantitative estimate of drug-likeness (QED) is 0.714. The summed E-state index contributed by atoms with van der Waals surface area (Å²) in [5.41, 5.74) is 0. The van der Waals surface area contributed by atoms with E-state index in [1.807, 2.05) is 0 Å². The van der Waals surface area contributed by atoms with Crippen molar-refractivity contribution >= 4 is 0 Å². The zero-order valence-electron chi connectivity index (χ0n) is 9.29. The van der Waals surface area contributed by atoms with Gasteiger partial charge in [0.2, 0.25) is 0 Å². The van der Waals surface area contributed by atoms with Gasteiger partial charge in [-0.15, -0.1) is 0 Å². The molecule has 1 aliphatic carbocycles. The molecule has 0 bridgehead atoms. The topological polar surface area (TPSA) is 20.2 Å². The molecule has 1 N–H and O–H groups in total. The van der Waals surface area contributed by atoms with E-state index >= 15 is 0 Å². The molecule has 1 nitrogen and oxygen atoms in total. The van der Waals surface area contributed by atoms with Gasteiger partial charge in [-0.3, -0.25) is 0 Å². The number of aliphatic hydroxyl groups is 1. The Morgan fingerprint density at radius 3 is 2.46 bits per heavy atom. The van der Waals surface area contributed by atoms with Gasteiger partial charge in [0.05, 0.1) is 6.10 Å². The molecule has 4 atom stereocenters. The van der Waals surface area contributed by atoms with Gasteiger partial charge < -0.3 is 5.11 Å². The predicted octanol–water partition coefficient (Wildman–Crippen LogP) is 3.22. The molecule has 1 rings (SSSR count). The summed E-state index contributed by atoms with van der Waals surface area (Å²) in [6, 6.07) is 0. The van der Waals surface area contributed by atoms with Gasteiger partial charge in [0, 0.05) is 0 Å². The SMILES string of the molecule is CCCC(O)C1CCC(C)C(C)C1. The van der Waals surface area contributed by atoms with E-state index in [4.69, 9.17) is 0 Å². The minimum absolute atomic E-state index is 0.0278. The Morgan fingerprint density at radius 2 is 1.92 bits per heavy atom. The van der Waals surface area contributed by atoms with Crippen molar-refractivity contribution in [1.29, 1.82) is 0 Å². The first-order valence-electron chi connectivity index (χ1n) is 5.83. The van der Waals surface area contributed by atoms with Crippen LogP contribution in [0.15, 0.2) is 0 Å². The molecule has 0 aromatic rings. The molecule has 0 amide bonds. The Morgan fingerprint density at radius 1 is 1.23 bits per heavy atom. The zero-order valence-corrected chi connectivity index (χ0v) is 9.29. The number of rotatable bonds is 3. The van der Waals surface area contributed by atoms with E-state index in [9.17, 15) is 5.11 Å². The Kier molecular flexibility index (Phi) is 4.24. The fraction of sp³-hybridized carbons (Fsp3) is 1.00. The lowest BCUT2D eigenvalue weighted by Crippen LogP contribution is -2.29. The van der Waals surface area contributed by atoms with Crippen LogP contribution in [0.5, 0.6) is 0 Å². The largest absolute Gasteiger partial charge is 0.393 e. The van der Waals surface area contributed by atoms with E-state index in [-0.39, 0.29) is 6.10 Å². The first kappa shape index (κ1) is 11.0. The summed E-state index contributed by atoms with van der Waals surface area (Å²) in [5, 5.41) is 9.88. The van der Waals surface area contributed by atoms with Gasteiger partial charge in [-0.1, -0.05) is 33.6 Å². The molecule has 1 heteroatoms. The molecule has 78 valence electrons. The standard InChI is InChI=1S/C12H24O/c1-4-5-12(13)11-7-6-9(2)10(3)8-11/h9-13H,4-8H2,1-3H3. The second-order valence-electron chi connectivity index (χ2n) is 4.88. The van der Waals surface area contributed by atoms with E-state index < -0.39 is 0 Å². The minimum Gasteiger partial charge on any atom is -0.393 e. The maximum atomic E-state index is 9.88. The van der Waals surface area contributed by atoms with E-state index in [0.29, 0.717) is 5.92 Å². The summed E-state index contributed by atoms with van der Waals surface area (Å²) in [6.07, 6.45) is 5.87. The molecular formula is C12H24O. The van der Waals surface area contributed by atoms with Crippen LogP contribution < -0.4 is 0 Å². The van der Waals surface area contributed by atoms with Gasteiger partial charge >= 0.3 is 0 Å². The summed E-state index contributed by atoms with van der Waals surface area (Å²) in [5.74, 6) is 2.27. The summed E-state index contributed by atoms with van der Waals surface area (Å²) >= 11 is 0. The Hall–Kier alpha value is -0.0400. The lowest BCUT2D eigenvalue weighted by molar-refractivity contribution is 0.0503. The molecular weight excluding hydrogens is 160 g/mol. The molecule has 0 spiro atoms. The van der Waals surface area contributed by atoms with E-state index in [1.54, 1.807) is 0 Å². The van der Waals surface area contributed by atoms with Gasteiger partial charge in [-0.25, -0.2) is 0 Å². The highest BCUT2D eigenvalue weighted by Crippen LogP contribution is 2.35. The first-order chi connectivity index (χ1) is 6.15. The van der Waals surface area contributed by atoms with Crippen molar-refractivity contribution in [2.45, 2.75) is 59.0 Å². The highest BCUT2D eigenvalue weighted by atomic mass is 16.3. The Labute approximate surface area is 82.5 Å². The third-order valence-corrected chi connectivity index (χ3v) is 3.77. The van der Waals surface area contributed by atoms with Crippen LogP contribution in [0.3, 0.4) is 0 Å². The average molecular weight is 184 g/mol. The number of aliphatic hydroxyl groups excluding tert-OH is 1. The molecule has 0 saturated heterocycles. The second-order valence-corrected chi connectivity index (χ2v) is 4.88. The van der Waals surface area contributed by atoms with Crippen molar-refractivity contribution in [2.75, 3.05) is 0 Å². The fourth-order valence-corrected chi connectivity index (χ4v) is 2.47. The second kappa shape index (κ2) is 4.99. The third kappa shape index (κ3) is 2.98. The Balaban J connectivity index is 2.36. The van der Waals surface area contributed by atoms with Crippen molar-refractivity contribution < 1.29 is 5.11 Å². The van der Waals surface area contributed by atoms with Gasteiger partial charge in [0.1, 0.15) is 0 Å². The molecule has 0 radical (unpaired) electrons. The van der Waals surface area contributed by atoms with Gasteiger partial charge in [-0.2, -0.15) is 0 Å². The van der Waals surface area contributed by atoms with Gasteiger partial charge in [-0.05, 0) is 37.0 Å². The van der Waals surface area contributed by atoms with Crippen molar-refractivity contribution in [3.8, 4) is 0 Å². The van der Waals surface area contributed by atoms with E-state index in [0.717, 1.165) is 24.7 Å². The summed E-state index contributed by atoms with van der Waals surface area (Å²) in [4.78, 5) is 0. The first-order valence-corrected chi connectivity index (χ1v) is 5.83. The van der Waals surface area contributed by atoms with Crippen LogP contribution in [0.25, 0.3) is 0 Å². The molecule has 0 heterocycles. The molecule has 4 unspecified atom stereocenters. The predicted molar refractivity (Wildman–Crippen MR) is 56.6 cm³/mol. The Bertz CT molecular complexity index is 144. The van der Waals surface area contributed by atoms with E-state index in [1.165, 1.54) is 19.3 Å². The van der Waals surface area contributed by atoms with Crippen molar-refractivity contribution in [3.63, 3.8) is 0 Å². The molecule has 0 aromatic heterocycles. The van der Waals surface area contributed by atoms with Crippen molar-refractivity contribution in [3.05, 3.63) is 0 Å². The molecule has 1 saturated carbocycles. The van der Waals surface area contributed by atoms with Crippen LogP contribution in [0.4, 0.5) is 0 Å². The fourth-order valence-electron chi connectivity index (χ4n) is 2.47. The lowest BCUT2D eigenvalue weighted by atomic mass is 9.73. The van der Waals surface area contributed by atoms with Crippen LogP contribution in [0, 0.1) is 17.8 Å². The summed E-state index contributed by atoms with van der Waals surface area (Å²) in [6.45, 7) is 6.82. The molecule has 0 aromatic carbocycles. The average Bonchev–Trinajstić information content (AvgIpc) is 2.10. The maximum Gasteiger partial charge on any atom is 0.0568 e. The van der Waals surface area contributed by atoms with Gasteiger partial charge in [0.15, 0.2) is 0 Å². The highest BCUT2D eigenvalue weighted by Gasteiger charge is 2.28. The monoisotopic (exact) mass is 184 g/mol. The van der Waals surface area contributed by atoms with Crippen molar-refractivity contribution in [1.82, 2.24) is 0 Å². The summed E-state index contributed by atoms with van der Waals surface area (Å²) < 4.78 is 0. The van der Waals surface area contributed by atoms with Crippen LogP contribution in [-0.2, 0) is 0 Å². The van der Waals surface area contributed by atoms with Crippen molar-refractivity contribution in [2.24, 2.45) is 17.8 Å². The summed E-state index contributed by atoms with van der Waals surface area (Å²) in [7, 11) is 0. The van der Waals surface area contributed by atoms with Crippen LogP contribution in [-0.4, -0.2) is 11.2 Å². The number of hydrogen-bond donors (Lipinski definition) is 1. The maximum absolute atomic E-state index is 9.88. The molecule has 1 aliphatic rings. The van der Waals surface area contributed by atoms with Crippen LogP contribution in [0.2, 0.25) is 0 Å². The minimum atomic E-state index is -0.0278. The zero-order chi connectivity index (χ0) is 9.84. The number of hydrogen-bond acceptors (Lipinski definition) is 1. The lowest BCUT2D eigenvalue weighted by Gasteiger charge is -2.34. The normalized spacial score (nSPS) is 37.4. The highest BCUT2D eigenvalue weighted by molar-refractivity contribution is 4.79. The third-order valence-electron chi connectivity index (χ3n) is 3.77. The smallest absolute Gasteiger partial charge is 0.0568 e. The van der Waals surface area contributed by atoms with Crippen LogP contribution in [0.1, 0.15) is 52.9 Å².